The van der Waals surface area contributed by atoms with E-state index in [1.165, 1.54) is 0 Å². The van der Waals surface area contributed by atoms with Crippen molar-refractivity contribution >= 4 is 23.1 Å². The molecule has 1 aliphatic heterocycles. The molecule has 4 rings (SSSR count). The highest BCUT2D eigenvalue weighted by Gasteiger charge is 2.38. The Hall–Kier alpha value is -2.47. The summed E-state index contributed by atoms with van der Waals surface area (Å²) in [7, 11) is 0. The van der Waals surface area contributed by atoms with Gasteiger partial charge in [-0.05, 0) is 29.8 Å². The van der Waals surface area contributed by atoms with Crippen LogP contribution in [0.25, 0.3) is 5.82 Å². The summed E-state index contributed by atoms with van der Waals surface area (Å²) in [4.78, 5) is 19.3. The summed E-state index contributed by atoms with van der Waals surface area (Å²) in [5.41, 5.74) is 2.00. The standard InChI is InChI=1S/C16H15ClN6/c1-16(2)9-23(13-5-6-19-15(17)21-13)11-3-4-12(20-14(11)16)22-8-7-18-10-22/h3-8,10H,9H2,1-2H3. The summed E-state index contributed by atoms with van der Waals surface area (Å²) >= 11 is 5.94. The number of pyridine rings is 1. The van der Waals surface area contributed by atoms with E-state index in [0.29, 0.717) is 0 Å². The maximum Gasteiger partial charge on any atom is 0.224 e. The Morgan fingerprint density at radius 3 is 2.70 bits per heavy atom. The first kappa shape index (κ1) is 14.1. The van der Waals surface area contributed by atoms with Crippen LogP contribution in [0.2, 0.25) is 5.28 Å². The fraction of sp³-hybridized carbons (Fsp3) is 0.250. The minimum absolute atomic E-state index is 0.0939. The molecular weight excluding hydrogens is 312 g/mol. The molecule has 0 spiro atoms. The number of rotatable bonds is 2. The molecule has 0 aliphatic carbocycles. The Bertz CT molecular complexity index is 859. The maximum absolute atomic E-state index is 5.94. The third-order valence-electron chi connectivity index (χ3n) is 4.00. The van der Waals surface area contributed by atoms with Gasteiger partial charge >= 0.3 is 0 Å². The summed E-state index contributed by atoms with van der Waals surface area (Å²) in [5.74, 6) is 1.64. The lowest BCUT2D eigenvalue weighted by atomic mass is 9.91. The van der Waals surface area contributed by atoms with Gasteiger partial charge in [0.1, 0.15) is 18.0 Å². The van der Waals surface area contributed by atoms with Crippen molar-refractivity contribution in [3.05, 3.63) is 54.1 Å². The number of hydrogen-bond acceptors (Lipinski definition) is 5. The summed E-state index contributed by atoms with van der Waals surface area (Å²) in [6.07, 6.45) is 7.05. The molecule has 0 atom stereocenters. The number of hydrogen-bond donors (Lipinski definition) is 0. The van der Waals surface area contributed by atoms with Crippen LogP contribution in [0.15, 0.2) is 43.1 Å². The van der Waals surface area contributed by atoms with Crippen molar-refractivity contribution < 1.29 is 0 Å². The molecule has 0 fully saturated rings. The molecule has 0 saturated heterocycles. The molecule has 23 heavy (non-hydrogen) atoms. The summed E-state index contributed by atoms with van der Waals surface area (Å²) in [5, 5.41) is 0.247. The summed E-state index contributed by atoms with van der Waals surface area (Å²) < 4.78 is 1.90. The summed E-state index contributed by atoms with van der Waals surface area (Å²) in [6.45, 7) is 5.15. The minimum atomic E-state index is -0.0939. The van der Waals surface area contributed by atoms with Crippen LogP contribution in [-0.4, -0.2) is 31.0 Å². The minimum Gasteiger partial charge on any atom is -0.324 e. The number of aromatic nitrogens is 5. The van der Waals surface area contributed by atoms with Gasteiger partial charge in [0, 0.05) is 30.6 Å². The van der Waals surface area contributed by atoms with Crippen molar-refractivity contribution in [1.82, 2.24) is 24.5 Å². The van der Waals surface area contributed by atoms with Crippen LogP contribution >= 0.6 is 11.6 Å². The lowest BCUT2D eigenvalue weighted by molar-refractivity contribution is 0.551. The molecule has 0 amide bonds. The zero-order valence-electron chi connectivity index (χ0n) is 12.8. The van der Waals surface area contributed by atoms with Gasteiger partial charge in [-0.15, -0.1) is 0 Å². The van der Waals surface area contributed by atoms with Crippen LogP contribution in [0, 0.1) is 0 Å². The summed E-state index contributed by atoms with van der Waals surface area (Å²) in [6, 6.07) is 5.92. The van der Waals surface area contributed by atoms with Crippen LogP contribution in [0.5, 0.6) is 0 Å². The normalized spacial score (nSPS) is 15.7. The zero-order valence-corrected chi connectivity index (χ0v) is 13.6. The average molecular weight is 327 g/mol. The molecule has 0 aromatic carbocycles. The molecule has 0 radical (unpaired) electrons. The highest BCUT2D eigenvalue weighted by Crippen LogP contribution is 2.42. The van der Waals surface area contributed by atoms with Crippen LogP contribution in [0.1, 0.15) is 19.5 Å². The first-order valence-electron chi connectivity index (χ1n) is 7.30. The van der Waals surface area contributed by atoms with Gasteiger partial charge in [-0.2, -0.15) is 0 Å². The van der Waals surface area contributed by atoms with E-state index in [1.807, 2.05) is 22.9 Å². The lowest BCUT2D eigenvalue weighted by Crippen LogP contribution is -2.26. The molecule has 0 bridgehead atoms. The van der Waals surface area contributed by atoms with Crippen molar-refractivity contribution in [2.24, 2.45) is 0 Å². The third-order valence-corrected chi connectivity index (χ3v) is 4.18. The molecule has 0 unspecified atom stereocenters. The molecule has 7 heteroatoms. The SMILES string of the molecule is CC1(C)CN(c2ccnc(Cl)n2)c2ccc(-n3ccnc3)nc21. The number of halogens is 1. The van der Waals surface area contributed by atoms with Crippen molar-refractivity contribution in [1.29, 1.82) is 0 Å². The Morgan fingerprint density at radius 2 is 1.96 bits per heavy atom. The van der Waals surface area contributed by atoms with Gasteiger partial charge in [0.25, 0.3) is 0 Å². The molecule has 4 heterocycles. The Kier molecular flexibility index (Phi) is 3.09. The number of imidazole rings is 1. The van der Waals surface area contributed by atoms with E-state index < -0.39 is 0 Å². The second-order valence-electron chi connectivity index (χ2n) is 6.16. The van der Waals surface area contributed by atoms with Gasteiger partial charge in [0.05, 0.1) is 11.4 Å². The Morgan fingerprint density at radius 1 is 1.09 bits per heavy atom. The van der Waals surface area contributed by atoms with Crippen molar-refractivity contribution in [3.8, 4) is 5.82 Å². The first-order chi connectivity index (χ1) is 11.0. The fourth-order valence-electron chi connectivity index (χ4n) is 2.93. The van der Waals surface area contributed by atoms with E-state index in [0.717, 1.165) is 29.6 Å². The van der Waals surface area contributed by atoms with E-state index in [-0.39, 0.29) is 10.7 Å². The largest absolute Gasteiger partial charge is 0.324 e. The lowest BCUT2D eigenvalue weighted by Gasteiger charge is -2.20. The smallest absolute Gasteiger partial charge is 0.224 e. The molecule has 3 aromatic heterocycles. The molecule has 1 aliphatic rings. The second-order valence-corrected chi connectivity index (χ2v) is 6.50. The van der Waals surface area contributed by atoms with E-state index >= 15 is 0 Å². The second kappa shape index (κ2) is 5.03. The number of anilines is 2. The van der Waals surface area contributed by atoms with Gasteiger partial charge in [0.2, 0.25) is 5.28 Å². The molecule has 6 nitrogen and oxygen atoms in total. The maximum atomic E-state index is 5.94. The van der Waals surface area contributed by atoms with E-state index in [1.54, 1.807) is 18.7 Å². The fourth-order valence-corrected chi connectivity index (χ4v) is 3.07. The monoisotopic (exact) mass is 326 g/mol. The highest BCUT2D eigenvalue weighted by atomic mass is 35.5. The van der Waals surface area contributed by atoms with Gasteiger partial charge in [-0.3, -0.25) is 4.57 Å². The number of nitrogens with zero attached hydrogens (tertiary/aromatic N) is 6. The van der Waals surface area contributed by atoms with Crippen molar-refractivity contribution in [3.63, 3.8) is 0 Å². The highest BCUT2D eigenvalue weighted by molar-refractivity contribution is 6.28. The van der Waals surface area contributed by atoms with Crippen molar-refractivity contribution in [2.45, 2.75) is 19.3 Å². The topological polar surface area (TPSA) is 59.7 Å². The van der Waals surface area contributed by atoms with E-state index in [2.05, 4.69) is 39.8 Å². The Labute approximate surface area is 138 Å². The quantitative estimate of drug-likeness (QED) is 0.677. The van der Waals surface area contributed by atoms with E-state index in [9.17, 15) is 0 Å². The molecular formula is C16H15ClN6. The van der Waals surface area contributed by atoms with Crippen molar-refractivity contribution in [2.75, 3.05) is 11.4 Å². The third kappa shape index (κ3) is 2.35. The predicted molar refractivity (Wildman–Crippen MR) is 88.4 cm³/mol. The van der Waals surface area contributed by atoms with Crippen LogP contribution < -0.4 is 4.90 Å². The number of fused-ring (bicyclic) bond motifs is 1. The van der Waals surface area contributed by atoms with Gasteiger partial charge in [0.15, 0.2) is 0 Å². The van der Waals surface area contributed by atoms with E-state index in [4.69, 9.17) is 16.6 Å². The molecule has 0 N–H and O–H groups in total. The zero-order chi connectivity index (χ0) is 16.0. The molecule has 3 aromatic rings. The predicted octanol–water partition coefficient (Wildman–Crippen LogP) is 3.14. The van der Waals surface area contributed by atoms with Crippen LogP contribution in [-0.2, 0) is 5.41 Å². The molecule has 0 saturated carbocycles. The van der Waals surface area contributed by atoms with Crippen LogP contribution in [0.4, 0.5) is 11.5 Å². The van der Waals surface area contributed by atoms with Gasteiger partial charge in [-0.1, -0.05) is 13.8 Å². The average Bonchev–Trinajstić information content (AvgIpc) is 3.14. The Balaban J connectivity index is 1.82. The molecule has 116 valence electrons. The van der Waals surface area contributed by atoms with Gasteiger partial charge in [-0.25, -0.2) is 19.9 Å². The van der Waals surface area contributed by atoms with Crippen LogP contribution in [0.3, 0.4) is 0 Å². The van der Waals surface area contributed by atoms with Gasteiger partial charge < -0.3 is 4.90 Å². The first-order valence-corrected chi connectivity index (χ1v) is 7.68.